The van der Waals surface area contributed by atoms with E-state index in [9.17, 15) is 22.0 Å². The van der Waals surface area contributed by atoms with E-state index < -0.39 is 40.0 Å². The van der Waals surface area contributed by atoms with E-state index in [4.69, 9.17) is 4.74 Å². The summed E-state index contributed by atoms with van der Waals surface area (Å²) < 4.78 is 54.6. The van der Waals surface area contributed by atoms with Crippen LogP contribution in [0.2, 0.25) is 0 Å². The molecule has 0 aliphatic carbocycles. The van der Waals surface area contributed by atoms with Gasteiger partial charge in [0.05, 0.1) is 5.75 Å². The summed E-state index contributed by atoms with van der Waals surface area (Å²) in [5, 5.41) is 0. The van der Waals surface area contributed by atoms with Crippen molar-refractivity contribution >= 4 is 15.7 Å². The predicted molar refractivity (Wildman–Crippen MR) is 83.0 cm³/mol. The van der Waals surface area contributed by atoms with Gasteiger partial charge in [-0.2, -0.15) is 0 Å². The van der Waals surface area contributed by atoms with Crippen LogP contribution in [0.5, 0.6) is 5.75 Å². The molecule has 1 rings (SSSR count). The largest absolute Gasteiger partial charge is 0.481 e. The first-order chi connectivity index (χ1) is 10.7. The van der Waals surface area contributed by atoms with Gasteiger partial charge in [0.2, 0.25) is 0 Å². The fourth-order valence-corrected chi connectivity index (χ4v) is 3.27. The average molecular weight is 349 g/mol. The Kier molecular flexibility index (Phi) is 6.93. The number of sulfone groups is 1. The molecule has 0 radical (unpaired) electrons. The summed E-state index contributed by atoms with van der Waals surface area (Å²) in [6.45, 7) is 4.74. The zero-order chi connectivity index (χ0) is 17.6. The normalized spacial score (nSPS) is 12.7. The van der Waals surface area contributed by atoms with Crippen molar-refractivity contribution in [3.63, 3.8) is 0 Å². The number of nitrogens with zero attached hydrogens (tertiary/aromatic N) is 1. The Balaban J connectivity index is 2.70. The second kappa shape index (κ2) is 8.24. The van der Waals surface area contributed by atoms with Crippen molar-refractivity contribution in [3.05, 3.63) is 29.8 Å². The predicted octanol–water partition coefficient (Wildman–Crippen LogP) is 2.02. The molecule has 5 nitrogen and oxygen atoms in total. The molecule has 1 aromatic rings. The van der Waals surface area contributed by atoms with Gasteiger partial charge in [0.15, 0.2) is 28.0 Å². The molecule has 1 unspecified atom stereocenters. The van der Waals surface area contributed by atoms with Crippen LogP contribution in [0.1, 0.15) is 20.8 Å². The van der Waals surface area contributed by atoms with Crippen molar-refractivity contribution < 1.29 is 26.7 Å². The minimum absolute atomic E-state index is 0.000372. The molecular formula is C15H21F2NO4S. The van der Waals surface area contributed by atoms with E-state index >= 15 is 0 Å². The lowest BCUT2D eigenvalue weighted by atomic mass is 10.3. The van der Waals surface area contributed by atoms with Gasteiger partial charge in [0.1, 0.15) is 5.82 Å². The van der Waals surface area contributed by atoms with Crippen LogP contribution < -0.4 is 4.74 Å². The minimum atomic E-state index is -3.22. The van der Waals surface area contributed by atoms with Gasteiger partial charge < -0.3 is 9.64 Å². The summed E-state index contributed by atoms with van der Waals surface area (Å²) in [5.74, 6) is -2.48. The van der Waals surface area contributed by atoms with Gasteiger partial charge >= 0.3 is 0 Å². The maximum atomic E-state index is 13.4. The topological polar surface area (TPSA) is 63.7 Å². The number of hydrogen-bond donors (Lipinski definition) is 0. The molecule has 0 heterocycles. The van der Waals surface area contributed by atoms with Gasteiger partial charge in [-0.3, -0.25) is 4.79 Å². The average Bonchev–Trinajstić information content (AvgIpc) is 2.46. The summed E-state index contributed by atoms with van der Waals surface area (Å²) in [6.07, 6.45) is 0. The molecule has 0 aliphatic heterocycles. The molecule has 0 saturated heterocycles. The second-order valence-electron chi connectivity index (χ2n) is 5.09. The van der Waals surface area contributed by atoms with Crippen LogP contribution in [-0.2, 0) is 14.6 Å². The lowest BCUT2D eigenvalue weighted by Gasteiger charge is -2.27. The highest BCUT2D eigenvalue weighted by molar-refractivity contribution is 7.91. The lowest BCUT2D eigenvalue weighted by molar-refractivity contribution is -0.134. The van der Waals surface area contributed by atoms with Crippen molar-refractivity contribution in [2.45, 2.75) is 26.8 Å². The number of halogens is 2. The Morgan fingerprint density at radius 2 is 1.96 bits per heavy atom. The van der Waals surface area contributed by atoms with Crippen LogP contribution in [-0.4, -0.2) is 49.9 Å². The maximum Gasteiger partial charge on any atom is 0.260 e. The lowest BCUT2D eigenvalue weighted by Crippen LogP contribution is -2.44. The van der Waals surface area contributed by atoms with E-state index in [0.717, 1.165) is 12.1 Å². The number of hydrogen-bond acceptors (Lipinski definition) is 4. The van der Waals surface area contributed by atoms with Crippen molar-refractivity contribution in [2.75, 3.05) is 24.7 Å². The van der Waals surface area contributed by atoms with Crippen LogP contribution in [0.15, 0.2) is 18.2 Å². The molecule has 0 aliphatic rings. The highest BCUT2D eigenvalue weighted by atomic mass is 32.2. The van der Waals surface area contributed by atoms with Crippen molar-refractivity contribution in [2.24, 2.45) is 0 Å². The molecule has 0 spiro atoms. The number of benzene rings is 1. The minimum Gasteiger partial charge on any atom is -0.481 e. The van der Waals surface area contributed by atoms with E-state index in [2.05, 4.69) is 0 Å². The van der Waals surface area contributed by atoms with Crippen molar-refractivity contribution in [3.8, 4) is 5.75 Å². The van der Waals surface area contributed by atoms with E-state index in [-0.39, 0.29) is 17.3 Å². The van der Waals surface area contributed by atoms with Gasteiger partial charge in [-0.05, 0) is 26.0 Å². The fraction of sp³-hybridized carbons (Fsp3) is 0.533. The van der Waals surface area contributed by atoms with Crippen LogP contribution >= 0.6 is 0 Å². The summed E-state index contributed by atoms with van der Waals surface area (Å²) in [5.41, 5.74) is 0. The SMILES string of the molecule is CCN(C(=O)COc1ccc(F)cc1F)C(C)CS(=O)(=O)CC. The van der Waals surface area contributed by atoms with Gasteiger partial charge in [-0.25, -0.2) is 17.2 Å². The molecule has 130 valence electrons. The van der Waals surface area contributed by atoms with Gasteiger partial charge in [0, 0.05) is 24.4 Å². The first kappa shape index (κ1) is 19.3. The molecule has 1 amide bonds. The number of carbonyl (C=O) groups is 1. The van der Waals surface area contributed by atoms with Crippen LogP contribution in [0.25, 0.3) is 0 Å². The van der Waals surface area contributed by atoms with Crippen molar-refractivity contribution in [1.29, 1.82) is 0 Å². The first-order valence-electron chi connectivity index (χ1n) is 7.28. The Bertz CT molecular complexity index is 649. The zero-order valence-corrected chi connectivity index (χ0v) is 14.2. The molecule has 0 aromatic heterocycles. The molecule has 0 saturated carbocycles. The van der Waals surface area contributed by atoms with Crippen LogP contribution in [0, 0.1) is 11.6 Å². The maximum absolute atomic E-state index is 13.4. The Morgan fingerprint density at radius 3 is 2.48 bits per heavy atom. The Morgan fingerprint density at radius 1 is 1.30 bits per heavy atom. The number of rotatable bonds is 8. The number of ether oxygens (including phenoxy) is 1. The zero-order valence-electron chi connectivity index (χ0n) is 13.4. The molecule has 8 heteroatoms. The van der Waals surface area contributed by atoms with E-state index in [1.165, 1.54) is 4.90 Å². The molecule has 1 aromatic carbocycles. The number of carbonyl (C=O) groups excluding carboxylic acids is 1. The van der Waals surface area contributed by atoms with E-state index in [1.807, 2.05) is 0 Å². The number of likely N-dealkylation sites (N-methyl/N-ethyl adjacent to an activating group) is 1. The summed E-state index contributed by atoms with van der Waals surface area (Å²) in [7, 11) is -3.22. The number of amides is 1. The summed E-state index contributed by atoms with van der Waals surface area (Å²) in [4.78, 5) is 13.5. The second-order valence-corrected chi connectivity index (χ2v) is 7.49. The molecule has 0 fully saturated rings. The standard InChI is InChI=1S/C15H21F2NO4S/c1-4-18(11(3)10-23(20,21)5-2)15(19)9-22-14-7-6-12(16)8-13(14)17/h6-8,11H,4-5,9-10H2,1-3H3. The third kappa shape index (κ3) is 5.78. The fourth-order valence-electron chi connectivity index (χ4n) is 2.12. The molecular weight excluding hydrogens is 328 g/mol. The highest BCUT2D eigenvalue weighted by Gasteiger charge is 2.23. The van der Waals surface area contributed by atoms with E-state index in [0.29, 0.717) is 12.6 Å². The quantitative estimate of drug-likeness (QED) is 0.720. The third-order valence-electron chi connectivity index (χ3n) is 3.37. The Hall–Kier alpha value is -1.70. The summed E-state index contributed by atoms with van der Waals surface area (Å²) in [6, 6.07) is 2.27. The molecule has 1 atom stereocenters. The first-order valence-corrected chi connectivity index (χ1v) is 9.10. The van der Waals surface area contributed by atoms with Crippen LogP contribution in [0.4, 0.5) is 8.78 Å². The Labute approximate surface area is 135 Å². The highest BCUT2D eigenvalue weighted by Crippen LogP contribution is 2.17. The van der Waals surface area contributed by atoms with E-state index in [1.54, 1.807) is 20.8 Å². The smallest absolute Gasteiger partial charge is 0.260 e. The van der Waals surface area contributed by atoms with Crippen molar-refractivity contribution in [1.82, 2.24) is 4.90 Å². The van der Waals surface area contributed by atoms with Gasteiger partial charge in [-0.1, -0.05) is 6.92 Å². The third-order valence-corrected chi connectivity index (χ3v) is 5.24. The molecule has 0 N–H and O–H groups in total. The van der Waals surface area contributed by atoms with Gasteiger partial charge in [-0.15, -0.1) is 0 Å². The molecule has 0 bridgehead atoms. The van der Waals surface area contributed by atoms with Crippen LogP contribution in [0.3, 0.4) is 0 Å². The molecule has 23 heavy (non-hydrogen) atoms. The van der Waals surface area contributed by atoms with Gasteiger partial charge in [0.25, 0.3) is 5.91 Å². The monoisotopic (exact) mass is 349 g/mol. The summed E-state index contributed by atoms with van der Waals surface area (Å²) >= 11 is 0.